The lowest BCUT2D eigenvalue weighted by Crippen LogP contribution is -2.35. The highest BCUT2D eigenvalue weighted by atomic mass is 32.2. The van der Waals surface area contributed by atoms with Crippen LogP contribution in [-0.4, -0.2) is 43.6 Å². The Kier molecular flexibility index (Phi) is 4.19. The van der Waals surface area contributed by atoms with E-state index in [4.69, 9.17) is 5.73 Å². The van der Waals surface area contributed by atoms with Crippen molar-refractivity contribution >= 4 is 38.1 Å². The van der Waals surface area contributed by atoms with Gasteiger partial charge in [-0.05, 0) is 18.0 Å². The van der Waals surface area contributed by atoms with Gasteiger partial charge in [0.2, 0.25) is 5.91 Å². The quantitative estimate of drug-likeness (QED) is 0.823. The minimum Gasteiger partial charge on any atom is -0.382 e. The Hall–Kier alpha value is -1.35. The molecule has 0 radical (unpaired) electrons. The number of hydrogen-bond acceptors (Lipinski definition) is 7. The first-order valence-electron chi connectivity index (χ1n) is 6.35. The molecule has 2 rings (SSSR count). The molecule has 0 aromatic carbocycles. The summed E-state index contributed by atoms with van der Waals surface area (Å²) in [6.45, 7) is 4.31. The molecule has 1 atom stereocenters. The summed E-state index contributed by atoms with van der Waals surface area (Å²) in [5.74, 6) is -0.0251. The first kappa shape index (κ1) is 15.0. The van der Waals surface area contributed by atoms with E-state index in [1.807, 2.05) is 4.90 Å². The fourth-order valence-electron chi connectivity index (χ4n) is 2.27. The number of nitrogens with two attached hydrogens (primary N) is 1. The molecular weight excluding hydrogens is 300 g/mol. The van der Waals surface area contributed by atoms with Crippen molar-refractivity contribution in [3.63, 3.8) is 0 Å². The molecule has 2 heterocycles. The molecule has 9 heteroatoms. The van der Waals surface area contributed by atoms with E-state index in [1.54, 1.807) is 6.92 Å². The summed E-state index contributed by atoms with van der Waals surface area (Å²) in [7, 11) is -3.40. The van der Waals surface area contributed by atoms with Crippen LogP contribution in [0.4, 0.5) is 10.8 Å². The highest BCUT2D eigenvalue weighted by molar-refractivity contribution is 7.91. The third kappa shape index (κ3) is 2.88. The summed E-state index contributed by atoms with van der Waals surface area (Å²) in [6.07, 6.45) is 0.781. The molecule has 7 nitrogen and oxygen atoms in total. The fourth-order valence-corrected chi connectivity index (χ4v) is 4.62. The van der Waals surface area contributed by atoms with E-state index >= 15 is 0 Å². The molecule has 1 saturated heterocycles. The van der Waals surface area contributed by atoms with Gasteiger partial charge in [0.05, 0.1) is 5.75 Å². The number of nitrogen functional groups attached to an aromatic ring is 1. The van der Waals surface area contributed by atoms with Crippen molar-refractivity contribution in [3.05, 3.63) is 0 Å². The second-order valence-corrected chi connectivity index (χ2v) is 7.70. The fraction of sp³-hybridized carbons (Fsp3) is 0.636. The number of hydrogen-bond donors (Lipinski definition) is 2. The topological polar surface area (TPSA) is 105 Å². The van der Waals surface area contributed by atoms with E-state index in [2.05, 4.69) is 9.69 Å². The molecule has 1 amide bonds. The highest BCUT2D eigenvalue weighted by Crippen LogP contribution is 2.36. The molecule has 0 saturated carbocycles. The second-order valence-electron chi connectivity index (χ2n) is 4.74. The van der Waals surface area contributed by atoms with Crippen LogP contribution in [0.15, 0.2) is 4.90 Å². The van der Waals surface area contributed by atoms with Gasteiger partial charge in [0.1, 0.15) is 9.90 Å². The minimum absolute atomic E-state index is 0.00836. The second kappa shape index (κ2) is 5.57. The maximum absolute atomic E-state index is 12.1. The molecule has 0 bridgehead atoms. The zero-order chi connectivity index (χ0) is 14.9. The van der Waals surface area contributed by atoms with Crippen LogP contribution in [0.25, 0.3) is 0 Å². The van der Waals surface area contributed by atoms with E-state index in [0.717, 1.165) is 18.0 Å². The molecule has 1 unspecified atom stereocenters. The maximum atomic E-state index is 12.1. The monoisotopic (exact) mass is 318 g/mol. The van der Waals surface area contributed by atoms with Crippen molar-refractivity contribution in [1.82, 2.24) is 9.69 Å². The molecule has 20 heavy (non-hydrogen) atoms. The minimum atomic E-state index is -3.40. The number of nitrogens with one attached hydrogen (secondary N) is 1. The molecule has 3 N–H and O–H groups in total. The lowest BCUT2D eigenvalue weighted by molar-refractivity contribution is -0.119. The Balaban J connectivity index is 2.26. The van der Waals surface area contributed by atoms with E-state index in [1.165, 1.54) is 6.92 Å². The van der Waals surface area contributed by atoms with Crippen LogP contribution in [0.2, 0.25) is 0 Å². The van der Waals surface area contributed by atoms with Crippen LogP contribution in [0.5, 0.6) is 0 Å². The van der Waals surface area contributed by atoms with Gasteiger partial charge in [-0.2, -0.15) is 4.37 Å². The van der Waals surface area contributed by atoms with Gasteiger partial charge in [0, 0.05) is 26.1 Å². The summed E-state index contributed by atoms with van der Waals surface area (Å²) in [4.78, 5) is 13.1. The van der Waals surface area contributed by atoms with E-state index < -0.39 is 9.84 Å². The summed E-state index contributed by atoms with van der Waals surface area (Å²) in [6, 6.07) is 0.0352. The van der Waals surface area contributed by atoms with Gasteiger partial charge in [-0.25, -0.2) is 8.42 Å². The summed E-state index contributed by atoms with van der Waals surface area (Å²) < 4.78 is 28.2. The van der Waals surface area contributed by atoms with Gasteiger partial charge >= 0.3 is 0 Å². The smallest absolute Gasteiger partial charge is 0.217 e. The average Bonchev–Trinajstić information content (AvgIpc) is 2.95. The standard InChI is InChI=1S/C11H18N4O3S2/c1-3-20(17,18)9-10(12)14-19-11(9)15-5-4-8(6-15)13-7(2)16/h8H,3-6H2,1-2H3,(H2,12,14)(H,13,16). The molecule has 0 aliphatic carbocycles. The van der Waals surface area contributed by atoms with E-state index in [0.29, 0.717) is 18.1 Å². The molecule has 1 fully saturated rings. The lowest BCUT2D eigenvalue weighted by Gasteiger charge is -2.18. The number of amides is 1. The molecule has 1 aromatic rings. The van der Waals surface area contributed by atoms with Crippen molar-refractivity contribution in [1.29, 1.82) is 0 Å². The first-order chi connectivity index (χ1) is 9.35. The molecule has 0 spiro atoms. The van der Waals surface area contributed by atoms with Gasteiger partial charge in [0.25, 0.3) is 0 Å². The summed E-state index contributed by atoms with van der Waals surface area (Å²) in [5, 5.41) is 3.42. The van der Waals surface area contributed by atoms with Crippen molar-refractivity contribution < 1.29 is 13.2 Å². The normalized spacial score (nSPS) is 19.3. The van der Waals surface area contributed by atoms with Crippen LogP contribution >= 0.6 is 11.5 Å². The van der Waals surface area contributed by atoms with Crippen molar-refractivity contribution in [2.24, 2.45) is 0 Å². The zero-order valence-electron chi connectivity index (χ0n) is 11.4. The number of carbonyl (C=O) groups is 1. The van der Waals surface area contributed by atoms with Crippen LogP contribution in [0, 0.1) is 0 Å². The van der Waals surface area contributed by atoms with Crippen molar-refractivity contribution in [2.75, 3.05) is 29.5 Å². The number of rotatable bonds is 4. The third-order valence-electron chi connectivity index (χ3n) is 3.23. The number of sulfone groups is 1. The van der Waals surface area contributed by atoms with Crippen molar-refractivity contribution in [3.8, 4) is 0 Å². The van der Waals surface area contributed by atoms with Crippen molar-refractivity contribution in [2.45, 2.75) is 31.2 Å². The van der Waals surface area contributed by atoms with E-state index in [9.17, 15) is 13.2 Å². The number of carbonyl (C=O) groups excluding carboxylic acids is 1. The molecular formula is C11H18N4O3S2. The van der Waals surface area contributed by atoms with E-state index in [-0.39, 0.29) is 28.4 Å². The third-order valence-corrected chi connectivity index (χ3v) is 6.07. The van der Waals surface area contributed by atoms with Gasteiger partial charge in [-0.1, -0.05) is 6.92 Å². The molecule has 1 aromatic heterocycles. The number of nitrogens with zero attached hydrogens (tertiary/aromatic N) is 2. The Morgan fingerprint density at radius 1 is 1.60 bits per heavy atom. The average molecular weight is 318 g/mol. The van der Waals surface area contributed by atoms with Crippen LogP contribution < -0.4 is 16.0 Å². The predicted molar refractivity (Wildman–Crippen MR) is 78.7 cm³/mol. The summed E-state index contributed by atoms with van der Waals surface area (Å²) in [5.41, 5.74) is 5.71. The van der Waals surface area contributed by atoms with Gasteiger partial charge in [-0.3, -0.25) is 4.79 Å². The maximum Gasteiger partial charge on any atom is 0.217 e. The van der Waals surface area contributed by atoms with Crippen LogP contribution in [0.1, 0.15) is 20.3 Å². The zero-order valence-corrected chi connectivity index (χ0v) is 13.1. The number of anilines is 2. The Bertz CT molecular complexity index is 611. The Morgan fingerprint density at radius 3 is 2.90 bits per heavy atom. The first-order valence-corrected chi connectivity index (χ1v) is 8.77. The van der Waals surface area contributed by atoms with Gasteiger partial charge in [0.15, 0.2) is 15.7 Å². The number of aromatic nitrogens is 1. The van der Waals surface area contributed by atoms with Gasteiger partial charge in [-0.15, -0.1) is 0 Å². The van der Waals surface area contributed by atoms with Gasteiger partial charge < -0.3 is 16.0 Å². The lowest BCUT2D eigenvalue weighted by atomic mass is 10.3. The predicted octanol–water partition coefficient (Wildman–Crippen LogP) is 0.234. The van der Waals surface area contributed by atoms with Crippen LogP contribution in [-0.2, 0) is 14.6 Å². The summed E-state index contributed by atoms with van der Waals surface area (Å²) >= 11 is 1.10. The molecule has 112 valence electrons. The highest BCUT2D eigenvalue weighted by Gasteiger charge is 2.31. The SMILES string of the molecule is CCS(=O)(=O)c1c(N)nsc1N1CCC(NC(C)=O)C1. The Labute approximate surface area is 122 Å². The Morgan fingerprint density at radius 2 is 2.30 bits per heavy atom. The largest absolute Gasteiger partial charge is 0.382 e. The molecule has 1 aliphatic heterocycles. The van der Waals surface area contributed by atoms with Crippen LogP contribution in [0.3, 0.4) is 0 Å². The molecule has 1 aliphatic rings.